The van der Waals surface area contributed by atoms with Crippen molar-refractivity contribution in [2.24, 2.45) is 5.73 Å². The summed E-state index contributed by atoms with van der Waals surface area (Å²) < 4.78 is 1.55. The number of rotatable bonds is 2. The molecule has 0 bridgehead atoms. The lowest BCUT2D eigenvalue weighted by Gasteiger charge is -2.02. The van der Waals surface area contributed by atoms with E-state index in [0.717, 1.165) is 11.0 Å². The quantitative estimate of drug-likeness (QED) is 0.684. The summed E-state index contributed by atoms with van der Waals surface area (Å²) in [5.41, 5.74) is 7.66. The number of para-hydroxylation sites is 1. The van der Waals surface area contributed by atoms with E-state index in [1.165, 1.54) is 0 Å². The normalized spacial score (nSPS) is 10.7. The predicted octanol–water partition coefficient (Wildman–Crippen LogP) is 0.845. The van der Waals surface area contributed by atoms with Crippen LogP contribution in [-0.4, -0.2) is 30.0 Å². The fourth-order valence-electron chi connectivity index (χ4n) is 1.60. The molecule has 2 aromatic heterocycles. The number of aromatic nitrogens is 5. The van der Waals surface area contributed by atoms with Gasteiger partial charge in [0.25, 0.3) is 5.95 Å². The van der Waals surface area contributed by atoms with Crippen LogP contribution in [0.4, 0.5) is 0 Å². The first-order valence-electron chi connectivity index (χ1n) is 5.19. The molecule has 0 saturated heterocycles. The fraction of sp³-hybridized carbons (Fsp3) is 0. The molecule has 2 heterocycles. The molecule has 0 saturated carbocycles. The number of nitrogens with two attached hydrogens (primary N) is 1. The third-order valence-electron chi connectivity index (χ3n) is 2.44. The molecule has 88 valence electrons. The maximum Gasteiger partial charge on any atom is 0.253 e. The van der Waals surface area contributed by atoms with Crippen LogP contribution in [0.3, 0.4) is 0 Å². The lowest BCUT2D eigenvalue weighted by Crippen LogP contribution is -2.14. The van der Waals surface area contributed by atoms with Crippen LogP contribution in [0, 0.1) is 0 Å². The zero-order valence-corrected chi connectivity index (χ0v) is 10.0. The summed E-state index contributed by atoms with van der Waals surface area (Å²) in [5.74, 6) is 0.397. The van der Waals surface area contributed by atoms with Gasteiger partial charge in [-0.25, -0.2) is 9.97 Å². The Labute approximate surface area is 107 Å². The van der Waals surface area contributed by atoms with Gasteiger partial charge in [0.1, 0.15) is 16.2 Å². The topological polar surface area (TPSA) is 82.5 Å². The van der Waals surface area contributed by atoms with Crippen LogP contribution in [-0.2, 0) is 0 Å². The van der Waals surface area contributed by atoms with Crippen LogP contribution in [0.15, 0.2) is 36.5 Å². The van der Waals surface area contributed by atoms with Crippen LogP contribution >= 0.6 is 12.2 Å². The Bertz CT molecular complexity index is 735. The van der Waals surface area contributed by atoms with Crippen molar-refractivity contribution >= 4 is 28.2 Å². The van der Waals surface area contributed by atoms with Crippen molar-refractivity contribution < 1.29 is 0 Å². The second-order valence-corrected chi connectivity index (χ2v) is 4.04. The molecule has 7 heteroatoms. The van der Waals surface area contributed by atoms with E-state index in [1.807, 2.05) is 24.3 Å². The summed E-state index contributed by atoms with van der Waals surface area (Å²) in [4.78, 5) is 8.62. The van der Waals surface area contributed by atoms with Gasteiger partial charge in [0, 0.05) is 6.20 Å². The molecule has 1 aromatic carbocycles. The number of nitrogens with zero attached hydrogens (tertiary/aromatic N) is 5. The van der Waals surface area contributed by atoms with Gasteiger partial charge in [0.05, 0.1) is 5.52 Å². The van der Waals surface area contributed by atoms with Crippen molar-refractivity contribution in [1.29, 1.82) is 0 Å². The summed E-state index contributed by atoms with van der Waals surface area (Å²) in [7, 11) is 0. The van der Waals surface area contributed by atoms with Crippen molar-refractivity contribution in [2.75, 3.05) is 0 Å². The van der Waals surface area contributed by atoms with Crippen LogP contribution < -0.4 is 5.73 Å². The molecule has 0 atom stereocenters. The Hall–Kier alpha value is -2.41. The average Bonchev–Trinajstić information content (AvgIpc) is 2.82. The summed E-state index contributed by atoms with van der Waals surface area (Å²) >= 11 is 4.89. The van der Waals surface area contributed by atoms with E-state index in [0.29, 0.717) is 11.6 Å². The first-order chi connectivity index (χ1) is 8.75. The van der Waals surface area contributed by atoms with Gasteiger partial charge in [0.15, 0.2) is 0 Å². The Morgan fingerprint density at radius 1 is 1.22 bits per heavy atom. The monoisotopic (exact) mass is 256 g/mol. The van der Waals surface area contributed by atoms with Gasteiger partial charge >= 0.3 is 0 Å². The molecule has 0 unspecified atom stereocenters. The number of benzene rings is 1. The maximum absolute atomic E-state index is 5.54. The minimum absolute atomic E-state index is 0.225. The summed E-state index contributed by atoms with van der Waals surface area (Å²) in [6.45, 7) is 0. The minimum Gasteiger partial charge on any atom is -0.388 e. The van der Waals surface area contributed by atoms with Crippen LogP contribution in [0.5, 0.6) is 0 Å². The standard InChI is InChI=1S/C11H8N6S/c12-10(18)8-5-6-13-11(14-8)17-9-4-2-1-3-7(9)15-16-17/h1-6H,(H2,12,18). The van der Waals surface area contributed by atoms with Crippen LogP contribution in [0.2, 0.25) is 0 Å². The Morgan fingerprint density at radius 3 is 2.89 bits per heavy atom. The first kappa shape index (κ1) is 10.7. The third kappa shape index (κ3) is 1.70. The molecule has 2 N–H and O–H groups in total. The van der Waals surface area contributed by atoms with Gasteiger partial charge in [-0.3, -0.25) is 0 Å². The second-order valence-electron chi connectivity index (χ2n) is 3.60. The van der Waals surface area contributed by atoms with E-state index in [1.54, 1.807) is 16.9 Å². The number of hydrogen-bond donors (Lipinski definition) is 1. The lowest BCUT2D eigenvalue weighted by molar-refractivity contribution is 0.772. The minimum atomic E-state index is 0.225. The molecular weight excluding hydrogens is 248 g/mol. The lowest BCUT2D eigenvalue weighted by atomic mass is 10.3. The van der Waals surface area contributed by atoms with Gasteiger partial charge < -0.3 is 5.73 Å². The molecule has 0 fully saturated rings. The SMILES string of the molecule is NC(=S)c1ccnc(-n2nnc3ccccc32)n1. The van der Waals surface area contributed by atoms with Crippen molar-refractivity contribution in [3.63, 3.8) is 0 Å². The molecule has 0 aliphatic carbocycles. The van der Waals surface area contributed by atoms with Crippen LogP contribution in [0.1, 0.15) is 5.69 Å². The molecular formula is C11H8N6S. The smallest absolute Gasteiger partial charge is 0.253 e. The third-order valence-corrected chi connectivity index (χ3v) is 2.65. The predicted molar refractivity (Wildman–Crippen MR) is 70.3 cm³/mol. The summed E-state index contributed by atoms with van der Waals surface area (Å²) in [5, 5.41) is 8.06. The van der Waals surface area contributed by atoms with E-state index in [-0.39, 0.29) is 4.99 Å². The number of fused-ring (bicyclic) bond motifs is 1. The number of thiocarbonyl (C=S) groups is 1. The van der Waals surface area contributed by atoms with Gasteiger partial charge in [-0.15, -0.1) is 5.10 Å². The summed E-state index contributed by atoms with van der Waals surface area (Å²) in [6, 6.07) is 9.22. The maximum atomic E-state index is 5.54. The molecule has 3 aromatic rings. The summed E-state index contributed by atoms with van der Waals surface area (Å²) in [6.07, 6.45) is 1.59. The van der Waals surface area contributed by atoms with Crippen molar-refractivity contribution in [3.05, 3.63) is 42.2 Å². The average molecular weight is 256 g/mol. The van der Waals surface area contributed by atoms with Crippen molar-refractivity contribution in [2.45, 2.75) is 0 Å². The van der Waals surface area contributed by atoms with Gasteiger partial charge in [-0.2, -0.15) is 4.68 Å². The first-order valence-corrected chi connectivity index (χ1v) is 5.60. The second kappa shape index (κ2) is 4.11. The van der Waals surface area contributed by atoms with E-state index in [9.17, 15) is 0 Å². The molecule has 18 heavy (non-hydrogen) atoms. The zero-order chi connectivity index (χ0) is 12.5. The van der Waals surface area contributed by atoms with Gasteiger partial charge in [-0.05, 0) is 18.2 Å². The Kier molecular flexibility index (Phi) is 2.45. The van der Waals surface area contributed by atoms with E-state index >= 15 is 0 Å². The Morgan fingerprint density at radius 2 is 2.06 bits per heavy atom. The highest BCUT2D eigenvalue weighted by molar-refractivity contribution is 7.80. The molecule has 3 rings (SSSR count). The molecule has 0 spiro atoms. The van der Waals surface area contributed by atoms with E-state index < -0.39 is 0 Å². The highest BCUT2D eigenvalue weighted by Gasteiger charge is 2.09. The van der Waals surface area contributed by atoms with Gasteiger partial charge in [0.2, 0.25) is 0 Å². The highest BCUT2D eigenvalue weighted by atomic mass is 32.1. The van der Waals surface area contributed by atoms with Crippen LogP contribution in [0.25, 0.3) is 17.0 Å². The molecule has 0 aliphatic heterocycles. The molecule has 0 radical (unpaired) electrons. The van der Waals surface area contributed by atoms with E-state index in [4.69, 9.17) is 18.0 Å². The zero-order valence-electron chi connectivity index (χ0n) is 9.19. The van der Waals surface area contributed by atoms with E-state index in [2.05, 4.69) is 20.3 Å². The highest BCUT2D eigenvalue weighted by Crippen LogP contribution is 2.12. The van der Waals surface area contributed by atoms with Gasteiger partial charge in [-0.1, -0.05) is 29.6 Å². The molecule has 0 aliphatic rings. The fourth-order valence-corrected chi connectivity index (χ4v) is 1.72. The number of hydrogen-bond acceptors (Lipinski definition) is 5. The largest absolute Gasteiger partial charge is 0.388 e. The van der Waals surface area contributed by atoms with Crippen molar-refractivity contribution in [3.8, 4) is 5.95 Å². The Balaban J connectivity index is 2.20. The molecule has 0 amide bonds. The molecule has 6 nitrogen and oxygen atoms in total. The van der Waals surface area contributed by atoms with Crippen molar-refractivity contribution in [1.82, 2.24) is 25.0 Å².